The predicted octanol–water partition coefficient (Wildman–Crippen LogP) is 7.16. The van der Waals surface area contributed by atoms with E-state index >= 15 is 4.39 Å². The van der Waals surface area contributed by atoms with Crippen molar-refractivity contribution in [3.8, 4) is 23.0 Å². The molecule has 4 saturated heterocycles. The lowest BCUT2D eigenvalue weighted by molar-refractivity contribution is 0.0122. The van der Waals surface area contributed by atoms with Crippen LogP contribution in [0.3, 0.4) is 0 Å². The lowest BCUT2D eigenvalue weighted by Crippen LogP contribution is -2.57. The smallest absolute Gasteiger partial charge is 0.410 e. The van der Waals surface area contributed by atoms with Crippen LogP contribution in [0.5, 0.6) is 11.8 Å². The fraction of sp³-hybridized carbons (Fsp3) is 0.526. The topological polar surface area (TPSA) is 102 Å². The van der Waals surface area contributed by atoms with E-state index in [0.29, 0.717) is 59.0 Å². The Bertz CT molecular complexity index is 2020. The van der Waals surface area contributed by atoms with Crippen molar-refractivity contribution in [3.63, 3.8) is 0 Å². The number of ether oxygens (including phenoxy) is 4. The molecule has 11 nitrogen and oxygen atoms in total. The molecule has 2 aromatic carbocycles. The number of benzene rings is 2. The summed E-state index contributed by atoms with van der Waals surface area (Å²) in [6.45, 7) is 7.88. The van der Waals surface area contributed by atoms with Crippen molar-refractivity contribution < 1.29 is 32.5 Å². The summed E-state index contributed by atoms with van der Waals surface area (Å²) < 4.78 is 54.8. The third kappa shape index (κ3) is 6.34. The number of piperazine rings is 1. The molecule has 2 aromatic heterocycles. The van der Waals surface area contributed by atoms with Crippen LogP contribution in [0.1, 0.15) is 52.9 Å². The Balaban J connectivity index is 1.22. The molecule has 0 saturated carbocycles. The van der Waals surface area contributed by atoms with Crippen molar-refractivity contribution >= 4 is 45.2 Å². The SMILES string of the molecule is COCOc1cc(-c2ncc3c(N4C[C@H]5CC[C@@H](C4)N5C(=O)OC(C)(C)C)nc(OCC45CCCN4CC(F)C5)nc3c2F)c2c(Cl)cccc2c1. The molecule has 276 valence electrons. The van der Waals surface area contributed by atoms with Gasteiger partial charge in [0.1, 0.15) is 41.2 Å². The van der Waals surface area contributed by atoms with Crippen molar-refractivity contribution in [2.24, 2.45) is 0 Å². The standard InChI is InChI=1S/C38H43ClF2N6O5/c1-37(2,3)52-36(48)47-24-9-10-25(47)19-45(18-24)34-28-16-42-32(27-14-26(51-21-49-4)13-22-7-5-8-29(39)30(22)27)31(41)33(28)43-35(44-34)50-20-38-11-6-12-46(38)17-23(40)15-38/h5,7-8,13-14,16,23-25H,6,9-12,15,17-21H2,1-4H3/t23?,24-,25+,38?. The first-order valence-corrected chi connectivity index (χ1v) is 18.3. The number of carbonyl (C=O) groups excluding carboxylic acids is 1. The summed E-state index contributed by atoms with van der Waals surface area (Å²) in [4.78, 5) is 33.5. The molecule has 8 rings (SSSR count). The van der Waals surface area contributed by atoms with Gasteiger partial charge in [-0.05, 0) is 76.6 Å². The van der Waals surface area contributed by atoms with E-state index in [1.807, 2.05) is 43.9 Å². The van der Waals surface area contributed by atoms with E-state index in [1.54, 1.807) is 18.3 Å². The number of hydrogen-bond acceptors (Lipinski definition) is 10. The average Bonchev–Trinajstić information content (AvgIpc) is 3.72. The van der Waals surface area contributed by atoms with Gasteiger partial charge in [-0.3, -0.25) is 14.8 Å². The second-order valence-electron chi connectivity index (χ2n) is 15.4. The fourth-order valence-electron chi connectivity index (χ4n) is 8.60. The van der Waals surface area contributed by atoms with Crippen LogP contribution in [0.15, 0.2) is 36.5 Å². The molecule has 0 N–H and O–H groups in total. The summed E-state index contributed by atoms with van der Waals surface area (Å²) in [5.41, 5.74) is -0.567. The lowest BCUT2D eigenvalue weighted by atomic mass is 9.95. The minimum Gasteiger partial charge on any atom is -0.468 e. The molecule has 2 unspecified atom stereocenters. The highest BCUT2D eigenvalue weighted by Crippen LogP contribution is 2.43. The van der Waals surface area contributed by atoms with Gasteiger partial charge in [-0.1, -0.05) is 23.7 Å². The molecule has 4 atom stereocenters. The van der Waals surface area contributed by atoms with Crippen molar-refractivity contribution in [2.45, 2.75) is 82.3 Å². The van der Waals surface area contributed by atoms with Gasteiger partial charge in [-0.25, -0.2) is 13.6 Å². The Morgan fingerprint density at radius 2 is 1.88 bits per heavy atom. The fourth-order valence-corrected chi connectivity index (χ4v) is 8.89. The molecule has 0 radical (unpaired) electrons. The number of anilines is 1. The van der Waals surface area contributed by atoms with Crippen molar-refractivity contribution in [1.29, 1.82) is 0 Å². The molecule has 14 heteroatoms. The summed E-state index contributed by atoms with van der Waals surface area (Å²) in [5, 5.41) is 2.20. The molecule has 2 bridgehead atoms. The van der Waals surface area contributed by atoms with E-state index in [2.05, 4.69) is 19.8 Å². The van der Waals surface area contributed by atoms with E-state index in [4.69, 9.17) is 35.5 Å². The molecular formula is C38H43ClF2N6O5. The first kappa shape index (κ1) is 35.0. The monoisotopic (exact) mass is 736 g/mol. The number of alkyl halides is 1. The normalized spacial score (nSPS) is 24.6. The minimum absolute atomic E-state index is 0.00167. The van der Waals surface area contributed by atoms with Crippen LogP contribution in [0.4, 0.5) is 19.4 Å². The summed E-state index contributed by atoms with van der Waals surface area (Å²) in [5.74, 6) is 0.257. The number of hydrogen-bond donors (Lipinski definition) is 0. The third-order valence-corrected chi connectivity index (χ3v) is 11.1. The second-order valence-corrected chi connectivity index (χ2v) is 15.8. The van der Waals surface area contributed by atoms with Gasteiger partial charge >= 0.3 is 12.1 Å². The maximum Gasteiger partial charge on any atom is 0.410 e. The quantitative estimate of drug-likeness (QED) is 0.173. The van der Waals surface area contributed by atoms with E-state index < -0.39 is 23.1 Å². The molecule has 4 aliphatic rings. The number of carbonyl (C=O) groups is 1. The van der Waals surface area contributed by atoms with Gasteiger partial charge in [-0.15, -0.1) is 0 Å². The zero-order valence-electron chi connectivity index (χ0n) is 29.8. The molecule has 4 aromatic rings. The van der Waals surface area contributed by atoms with Gasteiger partial charge in [0.25, 0.3) is 0 Å². The maximum atomic E-state index is 17.2. The van der Waals surface area contributed by atoms with E-state index in [-0.39, 0.29) is 48.8 Å². The van der Waals surface area contributed by atoms with Crippen LogP contribution < -0.4 is 14.4 Å². The van der Waals surface area contributed by atoms with Crippen molar-refractivity contribution in [1.82, 2.24) is 24.8 Å². The van der Waals surface area contributed by atoms with E-state index in [0.717, 1.165) is 37.6 Å². The largest absolute Gasteiger partial charge is 0.468 e. The Morgan fingerprint density at radius 3 is 2.63 bits per heavy atom. The summed E-state index contributed by atoms with van der Waals surface area (Å²) >= 11 is 6.72. The maximum absolute atomic E-state index is 17.2. The van der Waals surface area contributed by atoms with Gasteiger partial charge < -0.3 is 23.8 Å². The van der Waals surface area contributed by atoms with Gasteiger partial charge in [0.15, 0.2) is 12.6 Å². The molecule has 1 amide bonds. The van der Waals surface area contributed by atoms with E-state index in [9.17, 15) is 9.18 Å². The van der Waals surface area contributed by atoms with Crippen LogP contribution in [0.2, 0.25) is 5.02 Å². The number of nitrogens with zero attached hydrogens (tertiary/aromatic N) is 6. The highest BCUT2D eigenvalue weighted by Gasteiger charge is 2.50. The Hall–Kier alpha value is -4.07. The number of amides is 1. The van der Waals surface area contributed by atoms with Gasteiger partial charge in [0, 0.05) is 55.3 Å². The highest BCUT2D eigenvalue weighted by molar-refractivity contribution is 6.36. The van der Waals surface area contributed by atoms with Crippen molar-refractivity contribution in [3.05, 3.63) is 47.4 Å². The minimum atomic E-state index is -0.926. The number of rotatable bonds is 8. The van der Waals surface area contributed by atoms with E-state index in [1.165, 1.54) is 7.11 Å². The number of pyridine rings is 1. The third-order valence-electron chi connectivity index (χ3n) is 10.8. The Kier molecular flexibility index (Phi) is 9.02. The molecule has 0 spiro atoms. The van der Waals surface area contributed by atoms with Gasteiger partial charge in [-0.2, -0.15) is 9.97 Å². The first-order chi connectivity index (χ1) is 24.9. The average molecular weight is 737 g/mol. The van der Waals surface area contributed by atoms with Gasteiger partial charge in [0.05, 0.1) is 23.0 Å². The van der Waals surface area contributed by atoms with Crippen LogP contribution >= 0.6 is 11.6 Å². The van der Waals surface area contributed by atoms with Crippen LogP contribution in [0.25, 0.3) is 32.9 Å². The first-order valence-electron chi connectivity index (χ1n) is 17.9. The molecule has 6 heterocycles. The zero-order chi connectivity index (χ0) is 36.4. The van der Waals surface area contributed by atoms with Crippen LogP contribution in [0, 0.1) is 5.82 Å². The summed E-state index contributed by atoms with van der Waals surface area (Å²) in [7, 11) is 1.52. The van der Waals surface area contributed by atoms with Gasteiger partial charge in [0.2, 0.25) is 0 Å². The summed E-state index contributed by atoms with van der Waals surface area (Å²) in [6.07, 6.45) is 4.08. The molecule has 0 aliphatic carbocycles. The van der Waals surface area contributed by atoms with Crippen molar-refractivity contribution in [2.75, 3.05) is 51.6 Å². The summed E-state index contributed by atoms with van der Waals surface area (Å²) in [6, 6.07) is 8.72. The predicted molar refractivity (Wildman–Crippen MR) is 193 cm³/mol. The molecule has 4 fully saturated rings. The highest BCUT2D eigenvalue weighted by atomic mass is 35.5. The van der Waals surface area contributed by atoms with Crippen LogP contribution in [-0.2, 0) is 9.47 Å². The number of fused-ring (bicyclic) bond motifs is 5. The Labute approximate surface area is 306 Å². The second kappa shape index (κ2) is 13.4. The lowest BCUT2D eigenvalue weighted by Gasteiger charge is -2.42. The zero-order valence-corrected chi connectivity index (χ0v) is 30.6. The Morgan fingerprint density at radius 1 is 1.10 bits per heavy atom. The molecular weight excluding hydrogens is 694 g/mol. The number of aromatic nitrogens is 3. The number of halogens is 3. The van der Waals surface area contributed by atoms with Crippen LogP contribution in [-0.4, -0.2) is 107 Å². The molecule has 52 heavy (non-hydrogen) atoms. The number of methoxy groups -OCH3 is 1. The molecule has 4 aliphatic heterocycles.